The number of carbonyl (C=O) groups excluding carboxylic acids is 2. The van der Waals surface area contributed by atoms with Crippen LogP contribution in [0, 0.1) is 0 Å². The molecule has 6 heteroatoms. The SMILES string of the molecule is C[C@@H](CC(=O)c1cccs1)NC(=O)c1cscn1. The van der Waals surface area contributed by atoms with E-state index in [1.54, 1.807) is 17.0 Å². The monoisotopic (exact) mass is 280 g/mol. The predicted octanol–water partition coefficient (Wildman–Crippen LogP) is 2.60. The van der Waals surface area contributed by atoms with Crippen molar-refractivity contribution in [2.24, 2.45) is 0 Å². The lowest BCUT2D eigenvalue weighted by molar-refractivity contribution is 0.0916. The highest BCUT2D eigenvalue weighted by Crippen LogP contribution is 2.12. The molecular formula is C12H12N2O2S2. The van der Waals surface area contributed by atoms with Crippen molar-refractivity contribution < 1.29 is 9.59 Å². The number of aromatic nitrogens is 1. The third-order valence-corrected chi connectivity index (χ3v) is 3.83. The van der Waals surface area contributed by atoms with E-state index < -0.39 is 0 Å². The molecule has 2 heterocycles. The molecule has 0 fully saturated rings. The minimum atomic E-state index is -0.234. The van der Waals surface area contributed by atoms with Gasteiger partial charge in [-0.3, -0.25) is 9.59 Å². The highest BCUT2D eigenvalue weighted by atomic mass is 32.1. The summed E-state index contributed by atoms with van der Waals surface area (Å²) in [4.78, 5) is 28.2. The van der Waals surface area contributed by atoms with Crippen LogP contribution in [0.2, 0.25) is 0 Å². The summed E-state index contributed by atoms with van der Waals surface area (Å²) in [6.07, 6.45) is 0.302. The molecule has 94 valence electrons. The molecule has 0 bridgehead atoms. The van der Waals surface area contributed by atoms with E-state index in [-0.39, 0.29) is 17.7 Å². The summed E-state index contributed by atoms with van der Waals surface area (Å²) in [5.41, 5.74) is 2.01. The molecule has 18 heavy (non-hydrogen) atoms. The third kappa shape index (κ3) is 3.24. The van der Waals surface area contributed by atoms with Gasteiger partial charge in [0.15, 0.2) is 5.78 Å². The number of hydrogen-bond donors (Lipinski definition) is 1. The molecule has 2 aromatic heterocycles. The number of nitrogens with one attached hydrogen (secondary N) is 1. The summed E-state index contributed by atoms with van der Waals surface area (Å²) in [5.74, 6) is -0.182. The van der Waals surface area contributed by atoms with Crippen LogP contribution in [0.3, 0.4) is 0 Å². The molecule has 0 saturated carbocycles. The van der Waals surface area contributed by atoms with Gasteiger partial charge in [0.1, 0.15) is 5.69 Å². The van der Waals surface area contributed by atoms with E-state index >= 15 is 0 Å². The Bertz CT molecular complexity index is 472. The maximum atomic E-state index is 11.8. The number of hydrogen-bond acceptors (Lipinski definition) is 5. The standard InChI is InChI=1S/C12H12N2O2S2/c1-8(5-10(15)11-3-2-4-18-11)14-12(16)9-6-17-7-13-9/h2-4,6-8H,5H2,1H3,(H,14,16)/t8-/m0/s1. The maximum Gasteiger partial charge on any atom is 0.270 e. The van der Waals surface area contributed by atoms with E-state index in [4.69, 9.17) is 0 Å². The van der Waals surface area contributed by atoms with Gasteiger partial charge in [-0.2, -0.15) is 0 Å². The maximum absolute atomic E-state index is 11.8. The Hall–Kier alpha value is -1.53. The van der Waals surface area contributed by atoms with Crippen molar-refractivity contribution in [1.82, 2.24) is 10.3 Å². The van der Waals surface area contributed by atoms with Crippen LogP contribution in [-0.4, -0.2) is 22.7 Å². The molecule has 0 aliphatic heterocycles. The summed E-state index contributed by atoms with van der Waals surface area (Å²) in [5, 5.41) is 6.31. The minimum absolute atomic E-state index is 0.0519. The Balaban J connectivity index is 1.87. The molecule has 0 saturated heterocycles. The molecule has 1 N–H and O–H groups in total. The minimum Gasteiger partial charge on any atom is -0.348 e. The second kappa shape index (κ2) is 5.88. The van der Waals surface area contributed by atoms with Crippen LogP contribution >= 0.6 is 22.7 Å². The summed E-state index contributed by atoms with van der Waals surface area (Å²) >= 11 is 2.79. The van der Waals surface area contributed by atoms with Gasteiger partial charge in [0.05, 0.1) is 10.4 Å². The lowest BCUT2D eigenvalue weighted by Gasteiger charge is -2.11. The van der Waals surface area contributed by atoms with Crippen LogP contribution in [0.4, 0.5) is 0 Å². The number of thiazole rings is 1. The third-order valence-electron chi connectivity index (χ3n) is 2.33. The van der Waals surface area contributed by atoms with Crippen molar-refractivity contribution >= 4 is 34.4 Å². The number of nitrogens with zero attached hydrogens (tertiary/aromatic N) is 1. The molecule has 2 rings (SSSR count). The van der Waals surface area contributed by atoms with E-state index in [1.807, 2.05) is 18.4 Å². The van der Waals surface area contributed by atoms with Gasteiger partial charge in [-0.15, -0.1) is 22.7 Å². The average molecular weight is 280 g/mol. The molecule has 0 spiro atoms. The Morgan fingerprint density at radius 3 is 2.94 bits per heavy atom. The first-order valence-electron chi connectivity index (χ1n) is 5.42. The summed E-state index contributed by atoms with van der Waals surface area (Å²) < 4.78 is 0. The zero-order valence-corrected chi connectivity index (χ0v) is 11.4. The Morgan fingerprint density at radius 2 is 2.33 bits per heavy atom. The van der Waals surface area contributed by atoms with Crippen LogP contribution in [0.1, 0.15) is 33.5 Å². The fourth-order valence-corrected chi connectivity index (χ4v) is 2.70. The predicted molar refractivity (Wildman–Crippen MR) is 72.3 cm³/mol. The Kier molecular flexibility index (Phi) is 4.22. The van der Waals surface area contributed by atoms with Gasteiger partial charge < -0.3 is 5.32 Å². The Labute approximate surface area is 113 Å². The second-order valence-electron chi connectivity index (χ2n) is 3.85. The molecule has 0 radical (unpaired) electrons. The average Bonchev–Trinajstić information content (AvgIpc) is 3.02. The molecule has 0 unspecified atom stereocenters. The summed E-state index contributed by atoms with van der Waals surface area (Å²) in [6.45, 7) is 1.82. The van der Waals surface area contributed by atoms with E-state index in [0.29, 0.717) is 12.1 Å². The van der Waals surface area contributed by atoms with Crippen LogP contribution in [0.15, 0.2) is 28.4 Å². The molecule has 1 amide bonds. The van der Waals surface area contributed by atoms with Crippen LogP contribution in [-0.2, 0) is 0 Å². The Morgan fingerprint density at radius 1 is 1.50 bits per heavy atom. The quantitative estimate of drug-likeness (QED) is 0.856. The number of ketones is 1. The highest BCUT2D eigenvalue weighted by Gasteiger charge is 2.15. The molecule has 0 aliphatic rings. The van der Waals surface area contributed by atoms with Crippen molar-refractivity contribution in [3.8, 4) is 0 Å². The van der Waals surface area contributed by atoms with E-state index in [0.717, 1.165) is 4.88 Å². The number of rotatable bonds is 5. The first-order chi connectivity index (χ1) is 8.66. The van der Waals surface area contributed by atoms with Gasteiger partial charge in [-0.05, 0) is 18.4 Å². The van der Waals surface area contributed by atoms with Gasteiger partial charge in [0, 0.05) is 17.8 Å². The van der Waals surface area contributed by atoms with Crippen molar-refractivity contribution in [2.45, 2.75) is 19.4 Å². The van der Waals surface area contributed by atoms with Gasteiger partial charge in [0.25, 0.3) is 5.91 Å². The van der Waals surface area contributed by atoms with E-state index in [2.05, 4.69) is 10.3 Å². The molecule has 1 atom stereocenters. The van der Waals surface area contributed by atoms with Crippen molar-refractivity contribution in [1.29, 1.82) is 0 Å². The van der Waals surface area contributed by atoms with Crippen molar-refractivity contribution in [3.05, 3.63) is 39.0 Å². The topological polar surface area (TPSA) is 59.1 Å². The van der Waals surface area contributed by atoms with Crippen LogP contribution < -0.4 is 5.32 Å². The van der Waals surface area contributed by atoms with E-state index in [9.17, 15) is 9.59 Å². The number of carbonyl (C=O) groups is 2. The van der Waals surface area contributed by atoms with Gasteiger partial charge in [0.2, 0.25) is 0 Å². The van der Waals surface area contributed by atoms with Gasteiger partial charge in [-0.1, -0.05) is 6.07 Å². The van der Waals surface area contributed by atoms with E-state index in [1.165, 1.54) is 22.7 Å². The largest absolute Gasteiger partial charge is 0.348 e. The summed E-state index contributed by atoms with van der Waals surface area (Å²) in [6, 6.07) is 3.44. The highest BCUT2D eigenvalue weighted by molar-refractivity contribution is 7.12. The smallest absolute Gasteiger partial charge is 0.270 e. The first-order valence-corrected chi connectivity index (χ1v) is 7.25. The fraction of sp³-hybridized carbons (Fsp3) is 0.250. The number of thiophene rings is 1. The number of amides is 1. The zero-order chi connectivity index (χ0) is 13.0. The van der Waals surface area contributed by atoms with Crippen molar-refractivity contribution in [3.63, 3.8) is 0 Å². The van der Waals surface area contributed by atoms with Crippen molar-refractivity contribution in [2.75, 3.05) is 0 Å². The first kappa shape index (κ1) is 12.9. The zero-order valence-electron chi connectivity index (χ0n) is 9.75. The molecule has 4 nitrogen and oxygen atoms in total. The second-order valence-corrected chi connectivity index (χ2v) is 5.52. The molecule has 2 aromatic rings. The molecule has 0 aliphatic carbocycles. The summed E-state index contributed by atoms with van der Waals surface area (Å²) in [7, 11) is 0. The fourth-order valence-electron chi connectivity index (χ4n) is 1.49. The lowest BCUT2D eigenvalue weighted by Crippen LogP contribution is -2.34. The van der Waals surface area contributed by atoms with Crippen LogP contribution in [0.5, 0.6) is 0 Å². The van der Waals surface area contributed by atoms with Crippen LogP contribution in [0.25, 0.3) is 0 Å². The number of Topliss-reactive ketones (excluding diaryl/α,β-unsaturated/α-hetero) is 1. The van der Waals surface area contributed by atoms with Gasteiger partial charge >= 0.3 is 0 Å². The lowest BCUT2D eigenvalue weighted by atomic mass is 10.1. The van der Waals surface area contributed by atoms with Gasteiger partial charge in [-0.25, -0.2) is 4.98 Å². The molecule has 0 aromatic carbocycles. The molecular weight excluding hydrogens is 268 g/mol. The normalized spacial score (nSPS) is 12.1.